The maximum absolute atomic E-state index is 7.17. The maximum atomic E-state index is 7.17. The van der Waals surface area contributed by atoms with E-state index in [-0.39, 0.29) is 0 Å². The first-order valence-electron chi connectivity index (χ1n) is 1.17. The Labute approximate surface area is 39.6 Å². The first kappa shape index (κ1) is 9.54. The van der Waals surface area contributed by atoms with Crippen molar-refractivity contribution in [1.82, 2.24) is 0 Å². The minimum atomic E-state index is -2.17. The highest BCUT2D eigenvalue weighted by molar-refractivity contribution is 6.30. The van der Waals surface area contributed by atoms with Gasteiger partial charge in [-0.1, -0.05) is 0 Å². The van der Waals surface area contributed by atoms with Crippen molar-refractivity contribution in [2.24, 2.45) is 0 Å². The first-order valence-corrected chi connectivity index (χ1v) is 1.17. The molecule has 0 amide bonds. The number of hydrogen-bond acceptors (Lipinski definition) is 3. The summed E-state index contributed by atoms with van der Waals surface area (Å²) in [6.45, 7) is 0. The fourth-order valence-corrected chi connectivity index (χ4v) is 0. The molecule has 7 heteroatoms. The molecule has 0 aromatic carbocycles. The summed E-state index contributed by atoms with van der Waals surface area (Å²) in [5.74, 6) is 0. The molecule has 0 rings (SSSR count). The van der Waals surface area contributed by atoms with E-state index in [0.717, 1.165) is 0 Å². The molecule has 0 spiro atoms. The summed E-state index contributed by atoms with van der Waals surface area (Å²) in [6, 6.07) is 0. The highest BCUT2D eigenvalue weighted by Gasteiger charge is 1.92. The highest BCUT2D eigenvalue weighted by Crippen LogP contribution is 1.40. The minimum absolute atomic E-state index is 1.50. The van der Waals surface area contributed by atoms with Gasteiger partial charge in [-0.2, -0.15) is 0 Å². The van der Waals surface area contributed by atoms with Crippen LogP contribution in [0.5, 0.6) is 0 Å². The molecule has 0 aromatic heterocycles. The second-order valence-electron chi connectivity index (χ2n) is 0.436. The lowest BCUT2D eigenvalue weighted by Gasteiger charge is -1.69. The molecule has 0 heterocycles. The molecule has 0 aliphatic carbocycles. The molecule has 3 N–H and O–H groups in total. The zero-order valence-electron chi connectivity index (χ0n) is 3.26. The smallest absolute Gasteiger partial charge is 0.402 e. The molecule has 0 atom stereocenters. The Hall–Kier alpha value is -0.745. The van der Waals surface area contributed by atoms with Crippen molar-refractivity contribution in [3.05, 3.63) is 16.0 Å². The van der Waals surface area contributed by atoms with Crippen LogP contribution in [-0.4, -0.2) is 22.4 Å². The normalized spacial score (nSPS) is 5.00. The van der Waals surface area contributed by atoms with Crippen LogP contribution in [0, 0.1) is 0 Å². The van der Waals surface area contributed by atoms with Gasteiger partial charge in [0.15, 0.2) is 0 Å². The van der Waals surface area contributed by atoms with Gasteiger partial charge < -0.3 is 26.1 Å². The summed E-state index contributed by atoms with van der Waals surface area (Å²) in [5, 5.41) is 21.5. The fourth-order valence-electron chi connectivity index (χ4n) is 0. The SMILES string of the molecule is OB(O)O.[N-]=[N+]=[N-]. The van der Waals surface area contributed by atoms with E-state index in [4.69, 9.17) is 26.1 Å². The molecule has 7 heavy (non-hydrogen) atoms. The summed E-state index contributed by atoms with van der Waals surface area (Å²) in [7, 11) is -2.17. The van der Waals surface area contributed by atoms with Gasteiger partial charge in [-0.05, 0) is 0 Å². The molecule has 0 aliphatic heterocycles. The van der Waals surface area contributed by atoms with E-state index < -0.39 is 7.32 Å². The third-order valence-corrected chi connectivity index (χ3v) is 0. The van der Waals surface area contributed by atoms with E-state index in [1.165, 1.54) is 4.91 Å². The summed E-state index contributed by atoms with van der Waals surface area (Å²) in [6.07, 6.45) is 0. The monoisotopic (exact) mass is 104 g/mol. The Morgan fingerprint density at radius 1 is 1.14 bits per heavy atom. The van der Waals surface area contributed by atoms with Crippen LogP contribution >= 0.6 is 0 Å². The standard InChI is InChI=1S/BH3O3.N3/c2-1(3)4;1-3-2/h2-4H;/q;-1. The van der Waals surface area contributed by atoms with E-state index in [1.54, 1.807) is 0 Å². The van der Waals surface area contributed by atoms with Crippen LogP contribution in [0.15, 0.2) is 0 Å². The van der Waals surface area contributed by atoms with Crippen LogP contribution < -0.4 is 0 Å². The Balaban J connectivity index is 0. The summed E-state index contributed by atoms with van der Waals surface area (Å²) >= 11 is 0. The van der Waals surface area contributed by atoms with Crippen LogP contribution in [0.25, 0.3) is 16.0 Å². The van der Waals surface area contributed by atoms with Gasteiger partial charge >= 0.3 is 7.32 Å². The van der Waals surface area contributed by atoms with Gasteiger partial charge in [0.1, 0.15) is 0 Å². The maximum Gasteiger partial charge on any atom is 0.631 e. The van der Waals surface area contributed by atoms with Crippen LogP contribution in [0.1, 0.15) is 0 Å². The van der Waals surface area contributed by atoms with E-state index in [1.807, 2.05) is 0 Å². The predicted octanol–water partition coefficient (Wildman–Crippen LogP) is -1.19. The summed E-state index contributed by atoms with van der Waals surface area (Å²) in [4.78, 5) is 1.50. The predicted molar refractivity (Wildman–Crippen MR) is 22.5 cm³/mol. The average molecular weight is 104 g/mol. The second kappa shape index (κ2) is 8.98. The minimum Gasteiger partial charge on any atom is -0.402 e. The lowest BCUT2D eigenvalue weighted by atomic mass is 10.3. The molecular formula is H3BN3O3-. The number of rotatable bonds is 0. The molecular weight excluding hydrogens is 101 g/mol. The van der Waals surface area contributed by atoms with Crippen molar-refractivity contribution in [3.63, 3.8) is 0 Å². The van der Waals surface area contributed by atoms with Crippen LogP contribution in [0.4, 0.5) is 0 Å². The molecule has 0 saturated carbocycles. The lowest BCUT2D eigenvalue weighted by Crippen LogP contribution is -2.07. The van der Waals surface area contributed by atoms with Gasteiger partial charge in [0.05, 0.1) is 0 Å². The molecule has 0 fully saturated rings. The van der Waals surface area contributed by atoms with E-state index >= 15 is 0 Å². The molecule has 0 saturated heterocycles. The first-order chi connectivity index (χ1) is 3.15. The van der Waals surface area contributed by atoms with Crippen molar-refractivity contribution in [2.75, 3.05) is 0 Å². The van der Waals surface area contributed by atoms with Gasteiger partial charge in [0, 0.05) is 0 Å². The van der Waals surface area contributed by atoms with Gasteiger partial charge in [-0.15, -0.1) is 0 Å². The van der Waals surface area contributed by atoms with E-state index in [0.29, 0.717) is 0 Å². The number of nitrogens with zero attached hydrogens (tertiary/aromatic N) is 3. The molecule has 0 bridgehead atoms. The molecule has 40 valence electrons. The topological polar surface area (TPSA) is 119 Å². The van der Waals surface area contributed by atoms with Gasteiger partial charge in [0.25, 0.3) is 0 Å². The molecule has 6 nitrogen and oxygen atoms in total. The average Bonchev–Trinajstić information content (AvgIpc) is 1.33. The Morgan fingerprint density at radius 3 is 1.14 bits per heavy atom. The molecule has 0 aromatic rings. The van der Waals surface area contributed by atoms with Crippen molar-refractivity contribution in [1.29, 1.82) is 0 Å². The fraction of sp³-hybridized carbons (Fsp3) is 0. The third-order valence-electron chi connectivity index (χ3n) is 0. The molecule has 0 unspecified atom stereocenters. The third kappa shape index (κ3) is 100. The van der Waals surface area contributed by atoms with Crippen LogP contribution in [-0.2, 0) is 0 Å². The van der Waals surface area contributed by atoms with Crippen molar-refractivity contribution < 1.29 is 15.1 Å². The largest absolute Gasteiger partial charge is 0.631 e. The highest BCUT2D eigenvalue weighted by atomic mass is 16.5. The van der Waals surface area contributed by atoms with Crippen molar-refractivity contribution in [3.8, 4) is 0 Å². The van der Waals surface area contributed by atoms with Crippen molar-refractivity contribution in [2.45, 2.75) is 0 Å². The number of hydrogen-bond donors (Lipinski definition) is 3. The van der Waals surface area contributed by atoms with E-state index in [2.05, 4.69) is 0 Å². The van der Waals surface area contributed by atoms with Gasteiger partial charge in [-0.25, -0.2) is 0 Å². The molecule has 0 radical (unpaired) electrons. The van der Waals surface area contributed by atoms with E-state index in [9.17, 15) is 0 Å². The Bertz CT molecular complexity index is 52.4. The van der Waals surface area contributed by atoms with Crippen LogP contribution in [0.2, 0.25) is 0 Å². The second-order valence-corrected chi connectivity index (χ2v) is 0.436. The van der Waals surface area contributed by atoms with Crippen LogP contribution in [0.3, 0.4) is 0 Å². The zero-order valence-corrected chi connectivity index (χ0v) is 3.26. The summed E-state index contributed by atoms with van der Waals surface area (Å²) < 4.78 is 0. The Morgan fingerprint density at radius 2 is 1.14 bits per heavy atom. The lowest BCUT2D eigenvalue weighted by molar-refractivity contribution is 0.278. The van der Waals surface area contributed by atoms with Crippen molar-refractivity contribution >= 4 is 7.32 Å². The van der Waals surface area contributed by atoms with Gasteiger partial charge in [-0.3, -0.25) is 4.91 Å². The summed E-state index contributed by atoms with van der Waals surface area (Å²) in [5.41, 5.74) is 13.5. The molecule has 0 aliphatic rings. The quantitative estimate of drug-likeness (QED) is 0.155. The zero-order chi connectivity index (χ0) is 6.28. The van der Waals surface area contributed by atoms with Gasteiger partial charge in [0.2, 0.25) is 0 Å². The Kier molecular flexibility index (Phi) is 12.2.